The Kier molecular flexibility index (Phi) is 3.98. The predicted molar refractivity (Wildman–Crippen MR) is 82.0 cm³/mol. The molecule has 20 heavy (non-hydrogen) atoms. The van der Waals surface area contributed by atoms with Gasteiger partial charge in [0.1, 0.15) is 11.8 Å². The Morgan fingerprint density at radius 3 is 2.95 bits per heavy atom. The molecular weight excluding hydrogens is 320 g/mol. The van der Waals surface area contributed by atoms with Gasteiger partial charge in [-0.1, -0.05) is 6.92 Å². The van der Waals surface area contributed by atoms with Crippen molar-refractivity contribution in [1.82, 2.24) is 5.32 Å². The van der Waals surface area contributed by atoms with Gasteiger partial charge in [-0.2, -0.15) is 0 Å². The van der Waals surface area contributed by atoms with Crippen molar-refractivity contribution in [3.63, 3.8) is 0 Å². The number of halogens is 1. The molecule has 2 N–H and O–H groups in total. The van der Waals surface area contributed by atoms with E-state index in [-0.39, 0.29) is 11.9 Å². The second-order valence-corrected chi connectivity index (χ2v) is 6.35. The van der Waals surface area contributed by atoms with E-state index in [0.29, 0.717) is 5.92 Å². The van der Waals surface area contributed by atoms with Crippen molar-refractivity contribution in [2.75, 3.05) is 18.5 Å². The van der Waals surface area contributed by atoms with E-state index in [0.717, 1.165) is 41.0 Å². The topological polar surface area (TPSA) is 50.4 Å². The highest BCUT2D eigenvalue weighted by Gasteiger charge is 2.31. The molecule has 0 spiro atoms. The van der Waals surface area contributed by atoms with Crippen LogP contribution in [0.1, 0.15) is 37.8 Å². The van der Waals surface area contributed by atoms with Crippen LogP contribution < -0.4 is 15.4 Å². The zero-order valence-corrected chi connectivity index (χ0v) is 13.1. The summed E-state index contributed by atoms with van der Waals surface area (Å²) in [4.78, 5) is 12.0. The molecule has 1 aromatic carbocycles. The van der Waals surface area contributed by atoms with Gasteiger partial charge in [-0.3, -0.25) is 4.79 Å². The smallest absolute Gasteiger partial charge is 0.246 e. The Morgan fingerprint density at radius 2 is 2.25 bits per heavy atom. The van der Waals surface area contributed by atoms with E-state index in [1.165, 1.54) is 12.8 Å². The lowest BCUT2D eigenvalue weighted by Gasteiger charge is -2.13. The molecule has 0 radical (unpaired) electrons. The van der Waals surface area contributed by atoms with Gasteiger partial charge in [-0.05, 0) is 53.7 Å². The molecular formula is C15H19BrN2O2. The molecule has 1 aliphatic heterocycles. The first-order valence-electron chi connectivity index (χ1n) is 7.19. The summed E-state index contributed by atoms with van der Waals surface area (Å²) in [6, 6.07) is 3.66. The molecule has 2 aliphatic rings. The highest BCUT2D eigenvalue weighted by Crippen LogP contribution is 2.39. The molecule has 1 saturated carbocycles. The number of nitrogens with one attached hydrogen (secondary N) is 2. The predicted octanol–water partition coefficient (Wildman–Crippen LogP) is 3.23. The van der Waals surface area contributed by atoms with Gasteiger partial charge in [0, 0.05) is 17.3 Å². The van der Waals surface area contributed by atoms with Crippen LogP contribution >= 0.6 is 15.9 Å². The number of anilines is 1. The molecule has 1 heterocycles. The number of amides is 1. The van der Waals surface area contributed by atoms with Gasteiger partial charge in [0.25, 0.3) is 0 Å². The van der Waals surface area contributed by atoms with Crippen LogP contribution in [0, 0.1) is 5.92 Å². The van der Waals surface area contributed by atoms with Gasteiger partial charge >= 0.3 is 0 Å². The van der Waals surface area contributed by atoms with Crippen molar-refractivity contribution in [2.45, 2.75) is 32.2 Å². The van der Waals surface area contributed by atoms with Crippen LogP contribution in [-0.4, -0.2) is 19.1 Å². The Hall–Kier alpha value is -1.07. The SMILES string of the molecule is CCCNC1C(=O)Nc2cc(OCC3CC3)c(Br)cc21. The highest BCUT2D eigenvalue weighted by atomic mass is 79.9. The number of ether oxygens (including phenoxy) is 1. The second-order valence-electron chi connectivity index (χ2n) is 5.50. The summed E-state index contributed by atoms with van der Waals surface area (Å²) in [5, 5.41) is 6.20. The summed E-state index contributed by atoms with van der Waals surface area (Å²) in [6.07, 6.45) is 3.54. The third-order valence-corrected chi connectivity index (χ3v) is 4.32. The van der Waals surface area contributed by atoms with Gasteiger partial charge in [0.2, 0.25) is 5.91 Å². The number of carbonyl (C=O) groups is 1. The molecule has 1 unspecified atom stereocenters. The number of fused-ring (bicyclic) bond motifs is 1. The Morgan fingerprint density at radius 1 is 1.45 bits per heavy atom. The lowest BCUT2D eigenvalue weighted by atomic mass is 10.1. The Balaban J connectivity index is 1.78. The lowest BCUT2D eigenvalue weighted by molar-refractivity contribution is -0.117. The Labute approximate surface area is 127 Å². The maximum atomic E-state index is 12.0. The summed E-state index contributed by atoms with van der Waals surface area (Å²) in [6.45, 7) is 3.68. The zero-order chi connectivity index (χ0) is 14.1. The fourth-order valence-electron chi connectivity index (χ4n) is 2.36. The molecule has 1 fully saturated rings. The van der Waals surface area contributed by atoms with Gasteiger partial charge in [-0.15, -0.1) is 0 Å². The summed E-state index contributed by atoms with van der Waals surface area (Å²) < 4.78 is 6.73. The van der Waals surface area contributed by atoms with Crippen LogP contribution in [0.3, 0.4) is 0 Å². The molecule has 0 aromatic heterocycles. The molecule has 1 amide bonds. The summed E-state index contributed by atoms with van der Waals surface area (Å²) in [7, 11) is 0. The molecule has 1 aliphatic carbocycles. The fourth-order valence-corrected chi connectivity index (χ4v) is 2.83. The van der Waals surface area contributed by atoms with Crippen molar-refractivity contribution in [3.8, 4) is 5.75 Å². The van der Waals surface area contributed by atoms with Crippen LogP contribution in [0.4, 0.5) is 5.69 Å². The minimum Gasteiger partial charge on any atom is -0.492 e. The van der Waals surface area contributed by atoms with Gasteiger partial charge in [-0.25, -0.2) is 0 Å². The van der Waals surface area contributed by atoms with E-state index >= 15 is 0 Å². The molecule has 4 nitrogen and oxygen atoms in total. The summed E-state index contributed by atoms with van der Waals surface area (Å²) in [5.41, 5.74) is 1.85. The summed E-state index contributed by atoms with van der Waals surface area (Å²) >= 11 is 3.54. The standard InChI is InChI=1S/C15H19BrN2O2/c1-2-5-17-14-10-6-11(16)13(20-8-9-3-4-9)7-12(10)18-15(14)19/h6-7,9,14,17H,2-5,8H2,1H3,(H,18,19). The molecule has 0 saturated heterocycles. The minimum absolute atomic E-state index is 0.0136. The third kappa shape index (κ3) is 2.83. The van der Waals surface area contributed by atoms with E-state index < -0.39 is 0 Å². The van der Waals surface area contributed by atoms with E-state index in [1.54, 1.807) is 0 Å². The quantitative estimate of drug-likeness (QED) is 0.837. The average Bonchev–Trinajstić information content (AvgIpc) is 3.19. The second kappa shape index (κ2) is 5.74. The molecule has 5 heteroatoms. The van der Waals surface area contributed by atoms with Gasteiger partial charge in [0.05, 0.1) is 11.1 Å². The monoisotopic (exact) mass is 338 g/mol. The number of carbonyl (C=O) groups excluding carboxylic acids is 1. The molecule has 3 rings (SSSR count). The Bertz CT molecular complexity index is 529. The van der Waals surface area contributed by atoms with Crippen molar-refractivity contribution in [2.24, 2.45) is 5.92 Å². The molecule has 1 atom stereocenters. The normalized spacial score (nSPS) is 20.7. The van der Waals surface area contributed by atoms with Crippen LogP contribution in [-0.2, 0) is 4.79 Å². The number of hydrogen-bond acceptors (Lipinski definition) is 3. The molecule has 1 aromatic rings. The average molecular weight is 339 g/mol. The maximum absolute atomic E-state index is 12.0. The van der Waals surface area contributed by atoms with Crippen molar-refractivity contribution in [1.29, 1.82) is 0 Å². The first kappa shape index (κ1) is 13.9. The van der Waals surface area contributed by atoms with E-state index in [9.17, 15) is 4.79 Å². The minimum atomic E-state index is -0.251. The van der Waals surface area contributed by atoms with Crippen LogP contribution in [0.5, 0.6) is 5.75 Å². The molecule has 0 bridgehead atoms. The van der Waals surface area contributed by atoms with Crippen molar-refractivity contribution in [3.05, 3.63) is 22.2 Å². The maximum Gasteiger partial charge on any atom is 0.246 e. The first-order valence-corrected chi connectivity index (χ1v) is 7.99. The van der Waals surface area contributed by atoms with Crippen LogP contribution in [0.2, 0.25) is 0 Å². The van der Waals surface area contributed by atoms with Crippen molar-refractivity contribution < 1.29 is 9.53 Å². The van der Waals surface area contributed by atoms with E-state index in [2.05, 4.69) is 33.5 Å². The largest absolute Gasteiger partial charge is 0.492 e. The number of rotatable bonds is 6. The summed E-state index contributed by atoms with van der Waals surface area (Å²) in [5.74, 6) is 1.54. The first-order chi connectivity index (χ1) is 9.69. The lowest BCUT2D eigenvalue weighted by Crippen LogP contribution is -2.28. The third-order valence-electron chi connectivity index (χ3n) is 3.71. The fraction of sp³-hybridized carbons (Fsp3) is 0.533. The number of hydrogen-bond donors (Lipinski definition) is 2. The van der Waals surface area contributed by atoms with Crippen molar-refractivity contribution >= 4 is 27.5 Å². The van der Waals surface area contributed by atoms with E-state index in [4.69, 9.17) is 4.74 Å². The van der Waals surface area contributed by atoms with Gasteiger partial charge < -0.3 is 15.4 Å². The van der Waals surface area contributed by atoms with Gasteiger partial charge in [0.15, 0.2) is 0 Å². The van der Waals surface area contributed by atoms with Crippen LogP contribution in [0.25, 0.3) is 0 Å². The highest BCUT2D eigenvalue weighted by molar-refractivity contribution is 9.10. The van der Waals surface area contributed by atoms with E-state index in [1.807, 2.05) is 12.1 Å². The van der Waals surface area contributed by atoms with Crippen LogP contribution in [0.15, 0.2) is 16.6 Å². The zero-order valence-electron chi connectivity index (χ0n) is 11.5. The molecule has 108 valence electrons. The number of benzene rings is 1.